The summed E-state index contributed by atoms with van der Waals surface area (Å²) in [5.41, 5.74) is 15.0. The lowest BCUT2D eigenvalue weighted by Gasteiger charge is -2.29. The monoisotopic (exact) mass is 723 g/mol. The van der Waals surface area contributed by atoms with E-state index in [1.165, 1.54) is 0 Å². The normalized spacial score (nSPS) is 11.1. The minimum absolute atomic E-state index is 0.689. The molecule has 0 aromatic heterocycles. The summed E-state index contributed by atoms with van der Waals surface area (Å²) in [7, 11) is 8.34. The molecule has 0 aliphatic heterocycles. The van der Waals surface area contributed by atoms with Crippen LogP contribution in [-0.2, 0) is 0 Å². The van der Waals surface area contributed by atoms with Crippen molar-refractivity contribution in [2.45, 2.75) is 13.8 Å². The average Bonchev–Trinajstić information content (AvgIpc) is 3.06. The Morgan fingerprint density at radius 1 is 0.408 bits per heavy atom. The van der Waals surface area contributed by atoms with Gasteiger partial charge in [-0.1, -0.05) is 94.9 Å². The summed E-state index contributed by atoms with van der Waals surface area (Å²) < 4.78 is 0. The van der Waals surface area contributed by atoms with E-state index in [1.54, 1.807) is 0 Å². The molecule has 0 saturated carbocycles. The van der Waals surface area contributed by atoms with Crippen molar-refractivity contribution in [2.24, 2.45) is 0 Å². The Morgan fingerprint density at radius 2 is 0.673 bits per heavy atom. The van der Waals surface area contributed by atoms with E-state index in [1.807, 2.05) is 48.5 Å². The topological polar surface area (TPSA) is 18.5 Å². The molecule has 0 saturated heterocycles. The number of hydrogen-bond acceptors (Lipinski definition) is 3. The first-order valence-corrected chi connectivity index (χ1v) is 17.4. The van der Waals surface area contributed by atoms with Gasteiger partial charge in [-0.15, -0.1) is 0 Å². The highest BCUT2D eigenvalue weighted by molar-refractivity contribution is 6.31. The molecule has 6 rings (SSSR count). The number of halogens is 4. The molecule has 49 heavy (non-hydrogen) atoms. The van der Waals surface area contributed by atoms with Gasteiger partial charge in [-0.05, 0) is 108 Å². The van der Waals surface area contributed by atoms with Crippen LogP contribution in [0.1, 0.15) is 11.1 Å². The van der Waals surface area contributed by atoms with Crippen molar-refractivity contribution in [1.82, 2.24) is 0 Å². The van der Waals surface area contributed by atoms with Gasteiger partial charge in [-0.3, -0.25) is 0 Å². The maximum atomic E-state index is 6.39. The second-order valence-electron chi connectivity index (χ2n) is 12.6. The average molecular weight is 726 g/mol. The predicted molar refractivity (Wildman–Crippen MR) is 216 cm³/mol. The summed E-state index contributed by atoms with van der Waals surface area (Å²) in [5, 5.41) is 6.74. The third kappa shape index (κ3) is 7.13. The predicted octanol–water partition coefficient (Wildman–Crippen LogP) is 13.5. The van der Waals surface area contributed by atoms with Gasteiger partial charge in [0.25, 0.3) is 0 Å². The second-order valence-corrected chi connectivity index (χ2v) is 14.3. The molecule has 0 unspecified atom stereocenters. The van der Waals surface area contributed by atoms with E-state index in [2.05, 4.69) is 118 Å². The van der Waals surface area contributed by atoms with Gasteiger partial charge in [0.1, 0.15) is 0 Å². The van der Waals surface area contributed by atoms with Crippen LogP contribution < -0.4 is 15.1 Å². The molecule has 0 bridgehead atoms. The van der Waals surface area contributed by atoms with E-state index in [0.717, 1.165) is 78.4 Å². The van der Waals surface area contributed by atoms with Crippen molar-refractivity contribution in [1.29, 1.82) is 0 Å². The highest BCUT2D eigenvalue weighted by atomic mass is 35.5. The lowest BCUT2D eigenvalue weighted by molar-refractivity contribution is 1.12. The first-order valence-electron chi connectivity index (χ1n) is 15.9. The van der Waals surface area contributed by atoms with Crippen molar-refractivity contribution in [3.63, 3.8) is 0 Å². The van der Waals surface area contributed by atoms with E-state index in [-0.39, 0.29) is 0 Å². The third-order valence-electron chi connectivity index (χ3n) is 8.83. The van der Waals surface area contributed by atoms with Crippen LogP contribution in [0, 0.1) is 13.8 Å². The van der Waals surface area contributed by atoms with Crippen LogP contribution in [0.2, 0.25) is 20.1 Å². The SMILES string of the molecule is Cc1c(-c2ccc(Cl)cc2)c(Nc2cc(-c3ccc(Cl)cc3)c(N(C)C)c(C)c2-c2ccc(Cl)cc2)cc(-c2ccc(Cl)cc2)c1N(C)C. The minimum Gasteiger partial charge on any atom is -0.377 e. The van der Waals surface area contributed by atoms with Gasteiger partial charge in [-0.2, -0.15) is 0 Å². The van der Waals surface area contributed by atoms with Gasteiger partial charge in [-0.25, -0.2) is 0 Å². The summed E-state index contributed by atoms with van der Waals surface area (Å²) in [6, 6.07) is 36.6. The smallest absolute Gasteiger partial charge is 0.0478 e. The highest BCUT2D eigenvalue weighted by Crippen LogP contribution is 2.48. The maximum absolute atomic E-state index is 6.39. The van der Waals surface area contributed by atoms with Crippen LogP contribution in [0.5, 0.6) is 0 Å². The summed E-state index contributed by atoms with van der Waals surface area (Å²) in [5.74, 6) is 0. The number of anilines is 4. The Morgan fingerprint density at radius 3 is 0.939 bits per heavy atom. The molecular weight excluding hydrogens is 688 g/mol. The zero-order chi connectivity index (χ0) is 35.0. The zero-order valence-electron chi connectivity index (χ0n) is 28.3. The van der Waals surface area contributed by atoms with Crippen molar-refractivity contribution in [3.05, 3.63) is 140 Å². The molecule has 0 fully saturated rings. The molecule has 7 heteroatoms. The Bertz CT molecular complexity index is 1970. The summed E-state index contributed by atoms with van der Waals surface area (Å²) in [6.07, 6.45) is 0. The quantitative estimate of drug-likeness (QED) is 0.169. The van der Waals surface area contributed by atoms with E-state index in [0.29, 0.717) is 20.1 Å². The van der Waals surface area contributed by atoms with E-state index < -0.39 is 0 Å². The Kier molecular flexibility index (Phi) is 10.2. The number of benzene rings is 6. The molecule has 0 aliphatic carbocycles. The highest BCUT2D eigenvalue weighted by Gasteiger charge is 2.23. The molecular formula is C42H37Cl4N3. The molecule has 6 aromatic rings. The number of nitrogens with zero attached hydrogens (tertiary/aromatic N) is 2. The number of nitrogens with one attached hydrogen (secondary N) is 1. The molecule has 248 valence electrons. The minimum atomic E-state index is 0.689. The maximum Gasteiger partial charge on any atom is 0.0478 e. The summed E-state index contributed by atoms with van der Waals surface area (Å²) in [6.45, 7) is 4.37. The van der Waals surface area contributed by atoms with E-state index in [4.69, 9.17) is 46.4 Å². The van der Waals surface area contributed by atoms with Gasteiger partial charge in [0, 0.05) is 93.3 Å². The first kappa shape index (κ1) is 34.7. The van der Waals surface area contributed by atoms with Crippen LogP contribution in [0.3, 0.4) is 0 Å². The van der Waals surface area contributed by atoms with Crippen LogP contribution in [-0.4, -0.2) is 28.2 Å². The summed E-state index contributed by atoms with van der Waals surface area (Å²) >= 11 is 25.5. The van der Waals surface area contributed by atoms with Crippen LogP contribution in [0.15, 0.2) is 109 Å². The van der Waals surface area contributed by atoms with Gasteiger partial charge in [0.05, 0.1) is 0 Å². The Labute approximate surface area is 309 Å². The molecule has 0 atom stereocenters. The molecule has 0 radical (unpaired) electrons. The van der Waals surface area contributed by atoms with Crippen molar-refractivity contribution < 1.29 is 0 Å². The number of rotatable bonds is 8. The van der Waals surface area contributed by atoms with Gasteiger partial charge in [0.2, 0.25) is 0 Å². The molecule has 1 N–H and O–H groups in total. The van der Waals surface area contributed by atoms with Gasteiger partial charge in [0.15, 0.2) is 0 Å². The molecule has 0 amide bonds. The lowest BCUT2D eigenvalue weighted by Crippen LogP contribution is -2.14. The Balaban J connectivity index is 1.69. The molecule has 6 aromatic carbocycles. The summed E-state index contributed by atoms with van der Waals surface area (Å²) in [4.78, 5) is 4.35. The van der Waals surface area contributed by atoms with Crippen molar-refractivity contribution in [3.8, 4) is 44.5 Å². The fourth-order valence-corrected chi connectivity index (χ4v) is 7.29. The number of hydrogen-bond donors (Lipinski definition) is 1. The third-order valence-corrected chi connectivity index (χ3v) is 9.83. The standard InChI is InChI=1S/C42H37Cl4N3/c1-25-39(29-11-19-33(45)20-12-29)37(23-35(41(25)48(3)4)27-7-15-31(43)16-8-27)47-38-24-36(28-9-17-32(44)18-10-28)42(49(5)6)26(2)40(38)30-13-21-34(46)22-14-30/h7-24,47H,1-6H3. The second kappa shape index (κ2) is 14.4. The molecule has 3 nitrogen and oxygen atoms in total. The van der Waals surface area contributed by atoms with Crippen LogP contribution in [0.25, 0.3) is 44.5 Å². The van der Waals surface area contributed by atoms with Gasteiger partial charge >= 0.3 is 0 Å². The fraction of sp³-hybridized carbons (Fsp3) is 0.143. The van der Waals surface area contributed by atoms with Crippen molar-refractivity contribution in [2.75, 3.05) is 43.3 Å². The Hall–Kier alpha value is -4.12. The van der Waals surface area contributed by atoms with E-state index >= 15 is 0 Å². The fourth-order valence-electron chi connectivity index (χ4n) is 6.79. The van der Waals surface area contributed by atoms with Crippen molar-refractivity contribution >= 4 is 69.2 Å². The van der Waals surface area contributed by atoms with Gasteiger partial charge < -0.3 is 15.1 Å². The van der Waals surface area contributed by atoms with Crippen LogP contribution in [0.4, 0.5) is 22.7 Å². The lowest BCUT2D eigenvalue weighted by atomic mass is 9.89. The largest absolute Gasteiger partial charge is 0.377 e. The molecule has 0 heterocycles. The van der Waals surface area contributed by atoms with Crippen LogP contribution >= 0.6 is 46.4 Å². The zero-order valence-corrected chi connectivity index (χ0v) is 31.3. The first-order chi connectivity index (χ1) is 23.4. The molecule has 0 spiro atoms. The van der Waals surface area contributed by atoms with E-state index in [9.17, 15) is 0 Å². The molecule has 0 aliphatic rings.